The molecule has 0 bridgehead atoms. The maximum Gasteiger partial charge on any atom is 0.218 e. The smallest absolute Gasteiger partial charge is 0.218 e. The molecule has 0 spiro atoms. The molecule has 0 atom stereocenters. The molecule has 1 aromatic heterocycles. The van der Waals surface area contributed by atoms with Gasteiger partial charge < -0.3 is 10.2 Å². The molecule has 30 heavy (non-hydrogen) atoms. The van der Waals surface area contributed by atoms with Crippen LogP contribution in [0, 0.1) is 0 Å². The van der Waals surface area contributed by atoms with E-state index in [9.17, 15) is 8.42 Å². The third-order valence-corrected chi connectivity index (χ3v) is 6.53. The Morgan fingerprint density at radius 3 is 2.37 bits per heavy atom. The summed E-state index contributed by atoms with van der Waals surface area (Å²) in [6, 6.07) is 16.9. The molecule has 0 aliphatic heterocycles. The average Bonchev–Trinajstić information content (AvgIpc) is 2.71. The lowest BCUT2D eigenvalue weighted by Crippen LogP contribution is -2.28. The number of sulfonamides is 1. The molecular weight excluding hydrogens is 398 g/mol. The van der Waals surface area contributed by atoms with Crippen LogP contribution >= 0.6 is 0 Å². The van der Waals surface area contributed by atoms with Crippen molar-refractivity contribution in [1.29, 1.82) is 0 Å². The van der Waals surface area contributed by atoms with E-state index in [0.717, 1.165) is 41.8 Å². The van der Waals surface area contributed by atoms with Gasteiger partial charge in [-0.05, 0) is 44.8 Å². The van der Waals surface area contributed by atoms with Gasteiger partial charge in [0.05, 0.1) is 17.8 Å². The maximum atomic E-state index is 12.8. The zero-order valence-electron chi connectivity index (χ0n) is 17.7. The summed E-state index contributed by atoms with van der Waals surface area (Å²) in [5.41, 5.74) is 1.55. The second kappa shape index (κ2) is 9.97. The lowest BCUT2D eigenvalue weighted by atomic mass is 10.2. The zero-order valence-corrected chi connectivity index (χ0v) is 18.6. The predicted molar refractivity (Wildman–Crippen MR) is 122 cm³/mol. The summed E-state index contributed by atoms with van der Waals surface area (Å²) in [7, 11) is 2.18. The monoisotopic (exact) mass is 427 g/mol. The van der Waals surface area contributed by atoms with E-state index in [1.165, 1.54) is 4.31 Å². The van der Waals surface area contributed by atoms with Crippen LogP contribution < -0.4 is 5.32 Å². The fraction of sp³-hybridized carbons (Fsp3) is 0.364. The number of para-hydroxylation sites is 1. The van der Waals surface area contributed by atoms with Crippen LogP contribution in [0.1, 0.15) is 17.8 Å². The Balaban J connectivity index is 1.77. The number of nitrogens with one attached hydrogen (secondary N) is 1. The van der Waals surface area contributed by atoms with Crippen LogP contribution in [0.2, 0.25) is 0 Å². The van der Waals surface area contributed by atoms with E-state index in [1.807, 2.05) is 68.7 Å². The topological polar surface area (TPSA) is 78.4 Å². The first-order valence-electron chi connectivity index (χ1n) is 9.97. The number of benzene rings is 2. The van der Waals surface area contributed by atoms with Crippen LogP contribution in [-0.4, -0.2) is 61.8 Å². The van der Waals surface area contributed by atoms with Gasteiger partial charge in [-0.3, -0.25) is 0 Å². The van der Waals surface area contributed by atoms with Gasteiger partial charge in [-0.25, -0.2) is 18.4 Å². The van der Waals surface area contributed by atoms with Crippen LogP contribution in [-0.2, 0) is 22.3 Å². The van der Waals surface area contributed by atoms with Crippen molar-refractivity contribution in [3.63, 3.8) is 0 Å². The van der Waals surface area contributed by atoms with Gasteiger partial charge in [-0.1, -0.05) is 42.5 Å². The summed E-state index contributed by atoms with van der Waals surface area (Å²) in [5, 5.41) is 4.32. The molecule has 0 fully saturated rings. The Morgan fingerprint density at radius 2 is 1.63 bits per heavy atom. The molecule has 2 aromatic carbocycles. The van der Waals surface area contributed by atoms with Gasteiger partial charge in [0.1, 0.15) is 11.6 Å². The molecule has 7 nitrogen and oxygen atoms in total. The lowest BCUT2D eigenvalue weighted by molar-refractivity contribution is 0.405. The molecule has 0 amide bonds. The summed E-state index contributed by atoms with van der Waals surface area (Å²) in [5.74, 6) is 1.17. The van der Waals surface area contributed by atoms with Crippen LogP contribution in [0.4, 0.5) is 5.82 Å². The minimum Gasteiger partial charge on any atom is -0.369 e. The van der Waals surface area contributed by atoms with Gasteiger partial charge in [0.2, 0.25) is 10.0 Å². The molecule has 0 aliphatic rings. The van der Waals surface area contributed by atoms with Gasteiger partial charge in [0.15, 0.2) is 0 Å². The average molecular weight is 428 g/mol. The zero-order chi connectivity index (χ0) is 21.6. The van der Waals surface area contributed by atoms with E-state index >= 15 is 0 Å². The van der Waals surface area contributed by atoms with E-state index in [4.69, 9.17) is 0 Å². The first kappa shape index (κ1) is 22.1. The normalized spacial score (nSPS) is 12.0. The summed E-state index contributed by atoms with van der Waals surface area (Å²) in [4.78, 5) is 11.4. The predicted octanol–water partition coefficient (Wildman–Crippen LogP) is 2.96. The van der Waals surface area contributed by atoms with Crippen molar-refractivity contribution in [3.8, 4) is 0 Å². The highest BCUT2D eigenvalue weighted by molar-refractivity contribution is 7.88. The SMILES string of the molecule is CN(C)CCCNc1nc(CN(C)S(=O)(=O)Cc2ccccc2)nc2ccccc12. The van der Waals surface area contributed by atoms with Gasteiger partial charge in [-0.2, -0.15) is 4.31 Å². The van der Waals surface area contributed by atoms with E-state index in [-0.39, 0.29) is 12.3 Å². The second-order valence-corrected chi connectivity index (χ2v) is 9.66. The van der Waals surface area contributed by atoms with E-state index in [2.05, 4.69) is 20.2 Å². The Kier molecular flexibility index (Phi) is 7.36. The van der Waals surface area contributed by atoms with Crippen LogP contribution in [0.5, 0.6) is 0 Å². The van der Waals surface area contributed by atoms with E-state index in [0.29, 0.717) is 5.82 Å². The molecule has 1 N–H and O–H groups in total. The maximum absolute atomic E-state index is 12.8. The molecule has 8 heteroatoms. The van der Waals surface area contributed by atoms with Crippen molar-refractivity contribution >= 4 is 26.7 Å². The largest absolute Gasteiger partial charge is 0.369 e. The Morgan fingerprint density at radius 1 is 0.933 bits per heavy atom. The lowest BCUT2D eigenvalue weighted by Gasteiger charge is -2.18. The summed E-state index contributed by atoms with van der Waals surface area (Å²) in [6.45, 7) is 1.87. The number of nitrogens with zero attached hydrogens (tertiary/aromatic N) is 4. The van der Waals surface area contributed by atoms with Crippen molar-refractivity contribution in [2.45, 2.75) is 18.7 Å². The fourth-order valence-corrected chi connectivity index (χ4v) is 4.27. The minimum atomic E-state index is -3.48. The molecule has 0 aliphatic carbocycles. The first-order chi connectivity index (χ1) is 14.3. The van der Waals surface area contributed by atoms with Gasteiger partial charge in [0.25, 0.3) is 0 Å². The minimum absolute atomic E-state index is 0.0481. The molecular formula is C22H29N5O2S. The van der Waals surface area contributed by atoms with Crippen molar-refractivity contribution in [1.82, 2.24) is 19.2 Å². The molecule has 0 saturated heterocycles. The Hall–Kier alpha value is -2.55. The highest BCUT2D eigenvalue weighted by Crippen LogP contribution is 2.21. The Labute approximate surface area is 178 Å². The van der Waals surface area contributed by atoms with Crippen molar-refractivity contribution in [2.24, 2.45) is 0 Å². The van der Waals surface area contributed by atoms with E-state index in [1.54, 1.807) is 7.05 Å². The quantitative estimate of drug-likeness (QED) is 0.501. The molecule has 1 heterocycles. The second-order valence-electron chi connectivity index (χ2n) is 7.59. The highest BCUT2D eigenvalue weighted by atomic mass is 32.2. The molecule has 3 aromatic rings. The van der Waals surface area contributed by atoms with Crippen molar-refractivity contribution in [2.75, 3.05) is 39.5 Å². The third-order valence-electron chi connectivity index (χ3n) is 4.75. The van der Waals surface area contributed by atoms with Gasteiger partial charge in [-0.15, -0.1) is 0 Å². The number of anilines is 1. The van der Waals surface area contributed by atoms with Gasteiger partial charge >= 0.3 is 0 Å². The number of hydrogen-bond acceptors (Lipinski definition) is 6. The van der Waals surface area contributed by atoms with Crippen LogP contribution in [0.25, 0.3) is 10.9 Å². The van der Waals surface area contributed by atoms with Crippen molar-refractivity contribution < 1.29 is 8.42 Å². The summed E-state index contributed by atoms with van der Waals surface area (Å²) < 4.78 is 26.9. The highest BCUT2D eigenvalue weighted by Gasteiger charge is 2.20. The first-order valence-corrected chi connectivity index (χ1v) is 11.6. The molecule has 0 unspecified atom stereocenters. The molecule has 0 radical (unpaired) electrons. The molecule has 160 valence electrons. The summed E-state index contributed by atoms with van der Waals surface area (Å²) in [6.07, 6.45) is 0.978. The molecule has 3 rings (SSSR count). The van der Waals surface area contributed by atoms with Crippen molar-refractivity contribution in [3.05, 3.63) is 66.0 Å². The molecule has 0 saturated carbocycles. The standard InChI is InChI=1S/C22H29N5O2S/c1-26(2)15-9-14-23-22-19-12-7-8-13-20(19)24-21(25-22)16-27(3)30(28,29)17-18-10-5-4-6-11-18/h4-8,10-13H,9,14-17H2,1-3H3,(H,23,24,25). The van der Waals surface area contributed by atoms with Gasteiger partial charge in [0, 0.05) is 19.0 Å². The Bertz CT molecular complexity index is 1070. The fourth-order valence-electron chi connectivity index (χ4n) is 3.12. The number of rotatable bonds is 10. The van der Waals surface area contributed by atoms with Crippen LogP contribution in [0.3, 0.4) is 0 Å². The number of fused-ring (bicyclic) bond motifs is 1. The summed E-state index contributed by atoms with van der Waals surface area (Å²) >= 11 is 0. The van der Waals surface area contributed by atoms with E-state index < -0.39 is 10.0 Å². The van der Waals surface area contributed by atoms with Crippen LogP contribution in [0.15, 0.2) is 54.6 Å². The number of aromatic nitrogens is 2. The number of hydrogen-bond donors (Lipinski definition) is 1. The third kappa shape index (κ3) is 5.98.